The molecular weight excluding hydrogens is 406 g/mol. The van der Waals surface area contributed by atoms with E-state index in [1.165, 1.54) is 22.5 Å². The fraction of sp³-hybridized carbons (Fsp3) is 0.375. The molecule has 1 N–H and O–H groups in total. The topological polar surface area (TPSA) is 55.2 Å². The van der Waals surface area contributed by atoms with Crippen molar-refractivity contribution in [2.75, 3.05) is 20.3 Å². The highest BCUT2D eigenvalue weighted by Crippen LogP contribution is 2.40. The lowest BCUT2D eigenvalue weighted by atomic mass is 9.96. The molecule has 4 rings (SSSR count). The fourth-order valence-electron chi connectivity index (χ4n) is 4.41. The molecule has 1 saturated heterocycles. The number of thiocarbonyl (C=S) groups is 1. The van der Waals surface area contributed by atoms with Crippen molar-refractivity contribution in [1.29, 1.82) is 0 Å². The molecule has 7 heteroatoms. The lowest BCUT2D eigenvalue weighted by Crippen LogP contribution is -2.31. The third kappa shape index (κ3) is 4.48. The van der Waals surface area contributed by atoms with Gasteiger partial charge in [-0.25, -0.2) is 0 Å². The molecule has 0 unspecified atom stereocenters. The predicted molar refractivity (Wildman–Crippen MR) is 126 cm³/mol. The van der Waals surface area contributed by atoms with Crippen LogP contribution in [0.2, 0.25) is 0 Å². The van der Waals surface area contributed by atoms with Crippen molar-refractivity contribution in [3.05, 3.63) is 83.2 Å². The Bertz CT molecular complexity index is 1020. The van der Waals surface area contributed by atoms with Gasteiger partial charge in [0.2, 0.25) is 0 Å². The van der Waals surface area contributed by atoms with Crippen LogP contribution in [-0.2, 0) is 11.3 Å². The SMILES string of the molecule is COCCCN1C(=S)N[C@@H](c2ccccn2)[C@@H]1c1cc(C)n(Cc2cccnc2)c1C. The molecule has 3 aromatic heterocycles. The summed E-state index contributed by atoms with van der Waals surface area (Å²) in [6.07, 6.45) is 6.50. The molecule has 162 valence electrons. The third-order valence-corrected chi connectivity index (χ3v) is 6.29. The molecule has 0 aliphatic carbocycles. The Morgan fingerprint density at radius 1 is 1.16 bits per heavy atom. The van der Waals surface area contributed by atoms with Crippen molar-refractivity contribution in [3.63, 3.8) is 0 Å². The van der Waals surface area contributed by atoms with Crippen molar-refractivity contribution >= 4 is 17.3 Å². The Labute approximate surface area is 189 Å². The van der Waals surface area contributed by atoms with E-state index in [1.807, 2.05) is 36.8 Å². The van der Waals surface area contributed by atoms with Crippen LogP contribution in [0.15, 0.2) is 55.0 Å². The molecule has 1 fully saturated rings. The van der Waals surface area contributed by atoms with Gasteiger partial charge in [0, 0.05) is 56.8 Å². The summed E-state index contributed by atoms with van der Waals surface area (Å²) in [5, 5.41) is 4.31. The number of aryl methyl sites for hydroxylation is 1. The van der Waals surface area contributed by atoms with Crippen LogP contribution < -0.4 is 5.32 Å². The van der Waals surface area contributed by atoms with Crippen LogP contribution in [0.1, 0.15) is 46.7 Å². The van der Waals surface area contributed by atoms with E-state index in [-0.39, 0.29) is 12.1 Å². The van der Waals surface area contributed by atoms with Gasteiger partial charge in [-0.1, -0.05) is 12.1 Å². The summed E-state index contributed by atoms with van der Waals surface area (Å²) in [4.78, 5) is 11.2. The van der Waals surface area contributed by atoms with Crippen LogP contribution >= 0.6 is 12.2 Å². The quantitative estimate of drug-likeness (QED) is 0.427. The number of hydrogen-bond donors (Lipinski definition) is 1. The van der Waals surface area contributed by atoms with Gasteiger partial charge < -0.3 is 19.5 Å². The van der Waals surface area contributed by atoms with Gasteiger partial charge in [0.1, 0.15) is 0 Å². The van der Waals surface area contributed by atoms with E-state index >= 15 is 0 Å². The molecule has 1 aliphatic rings. The highest BCUT2D eigenvalue weighted by Gasteiger charge is 2.41. The molecule has 31 heavy (non-hydrogen) atoms. The third-order valence-electron chi connectivity index (χ3n) is 5.94. The molecule has 0 saturated carbocycles. The van der Waals surface area contributed by atoms with Gasteiger partial charge in [-0.15, -0.1) is 0 Å². The number of nitrogens with one attached hydrogen (secondary N) is 1. The Hall–Kier alpha value is -2.77. The number of hydrogen-bond acceptors (Lipinski definition) is 4. The molecule has 0 radical (unpaired) electrons. The van der Waals surface area contributed by atoms with Crippen LogP contribution in [0.5, 0.6) is 0 Å². The Kier molecular flexibility index (Phi) is 6.63. The molecule has 2 atom stereocenters. The number of pyridine rings is 2. The Morgan fingerprint density at radius 2 is 2.03 bits per heavy atom. The molecule has 4 heterocycles. The molecule has 0 amide bonds. The molecule has 6 nitrogen and oxygen atoms in total. The monoisotopic (exact) mass is 435 g/mol. The zero-order valence-corrected chi connectivity index (χ0v) is 19.1. The molecule has 0 bridgehead atoms. The normalized spacial score (nSPS) is 18.4. The van der Waals surface area contributed by atoms with Crippen molar-refractivity contribution in [3.8, 4) is 0 Å². The molecule has 1 aliphatic heterocycles. The van der Waals surface area contributed by atoms with E-state index in [4.69, 9.17) is 17.0 Å². The average Bonchev–Trinajstić information content (AvgIpc) is 3.26. The Balaban J connectivity index is 1.72. The highest BCUT2D eigenvalue weighted by atomic mass is 32.1. The number of aromatic nitrogens is 3. The first-order valence-electron chi connectivity index (χ1n) is 10.6. The number of methoxy groups -OCH3 is 1. The Morgan fingerprint density at radius 3 is 2.74 bits per heavy atom. The van der Waals surface area contributed by atoms with Crippen LogP contribution in [0, 0.1) is 13.8 Å². The van der Waals surface area contributed by atoms with Gasteiger partial charge in [-0.05, 0) is 67.9 Å². The summed E-state index contributed by atoms with van der Waals surface area (Å²) in [6.45, 7) is 6.70. The van der Waals surface area contributed by atoms with E-state index in [2.05, 4.69) is 56.8 Å². The van der Waals surface area contributed by atoms with Gasteiger partial charge in [0.05, 0.1) is 17.8 Å². The van der Waals surface area contributed by atoms with Gasteiger partial charge in [0.25, 0.3) is 0 Å². The number of rotatable bonds is 8. The van der Waals surface area contributed by atoms with Crippen LogP contribution in [0.25, 0.3) is 0 Å². The zero-order valence-electron chi connectivity index (χ0n) is 18.3. The predicted octanol–water partition coefficient (Wildman–Crippen LogP) is 3.95. The molecule has 0 spiro atoms. The van der Waals surface area contributed by atoms with E-state index in [0.29, 0.717) is 6.61 Å². The van der Waals surface area contributed by atoms with Crippen molar-refractivity contribution < 1.29 is 4.74 Å². The lowest BCUT2D eigenvalue weighted by Gasteiger charge is -2.28. The van der Waals surface area contributed by atoms with Gasteiger partial charge in [-0.2, -0.15) is 0 Å². The maximum absolute atomic E-state index is 5.76. The molecular formula is C24H29N5OS. The summed E-state index contributed by atoms with van der Waals surface area (Å²) in [5.74, 6) is 0. The summed E-state index contributed by atoms with van der Waals surface area (Å²) in [7, 11) is 1.74. The second-order valence-electron chi connectivity index (χ2n) is 7.94. The first kappa shape index (κ1) is 21.5. The van der Waals surface area contributed by atoms with Crippen LogP contribution in [0.4, 0.5) is 0 Å². The van der Waals surface area contributed by atoms with Crippen molar-refractivity contribution in [1.82, 2.24) is 24.8 Å². The first-order chi connectivity index (χ1) is 15.1. The zero-order chi connectivity index (χ0) is 21.8. The largest absolute Gasteiger partial charge is 0.385 e. The minimum Gasteiger partial charge on any atom is -0.385 e. The summed E-state index contributed by atoms with van der Waals surface area (Å²) in [6, 6.07) is 12.5. The van der Waals surface area contributed by atoms with Crippen LogP contribution in [-0.4, -0.2) is 44.8 Å². The average molecular weight is 436 g/mol. The van der Waals surface area contributed by atoms with Gasteiger partial charge >= 0.3 is 0 Å². The maximum Gasteiger partial charge on any atom is 0.170 e. The standard InChI is InChI=1S/C24H29N5OS/c1-17-14-20(18(2)29(17)16-19-8-6-10-25-15-19)23-22(21-9-4-5-11-26-21)27-24(31)28(23)12-7-13-30-3/h4-6,8-11,14-15,22-23H,7,12-13,16H2,1-3H3,(H,27,31)/t22-,23-/m0/s1. The van der Waals surface area contributed by atoms with Gasteiger partial charge in [0.15, 0.2) is 5.11 Å². The smallest absolute Gasteiger partial charge is 0.170 e. The number of ether oxygens (including phenoxy) is 1. The highest BCUT2D eigenvalue weighted by molar-refractivity contribution is 7.80. The molecule has 3 aromatic rings. The van der Waals surface area contributed by atoms with E-state index in [0.717, 1.165) is 30.3 Å². The van der Waals surface area contributed by atoms with Crippen molar-refractivity contribution in [2.45, 2.75) is 38.9 Å². The number of nitrogens with zero attached hydrogens (tertiary/aromatic N) is 4. The second-order valence-corrected chi connectivity index (χ2v) is 8.33. The summed E-state index contributed by atoms with van der Waals surface area (Å²) in [5.41, 5.74) is 5.94. The van der Waals surface area contributed by atoms with E-state index < -0.39 is 0 Å². The summed E-state index contributed by atoms with van der Waals surface area (Å²) < 4.78 is 7.65. The van der Waals surface area contributed by atoms with Gasteiger partial charge in [-0.3, -0.25) is 9.97 Å². The summed E-state index contributed by atoms with van der Waals surface area (Å²) >= 11 is 5.76. The lowest BCUT2D eigenvalue weighted by molar-refractivity contribution is 0.180. The minimum atomic E-state index is 0.00332. The first-order valence-corrected chi connectivity index (χ1v) is 11.0. The van der Waals surface area contributed by atoms with Crippen molar-refractivity contribution in [2.24, 2.45) is 0 Å². The van der Waals surface area contributed by atoms with Crippen LogP contribution in [0.3, 0.4) is 0 Å². The molecule has 0 aromatic carbocycles. The van der Waals surface area contributed by atoms with E-state index in [9.17, 15) is 0 Å². The second kappa shape index (κ2) is 9.58. The minimum absolute atomic E-state index is 0.00332. The maximum atomic E-state index is 5.76. The fourth-order valence-corrected chi connectivity index (χ4v) is 4.74. The van der Waals surface area contributed by atoms with E-state index in [1.54, 1.807) is 7.11 Å².